The number of nitrogens with zero attached hydrogens (tertiary/aromatic N) is 2. The summed E-state index contributed by atoms with van der Waals surface area (Å²) < 4.78 is 0. The van der Waals surface area contributed by atoms with Gasteiger partial charge < -0.3 is 10.4 Å². The van der Waals surface area contributed by atoms with Gasteiger partial charge in [-0.2, -0.15) is 0 Å². The minimum atomic E-state index is 0.342. The maximum Gasteiger partial charge on any atom is 0.134 e. The van der Waals surface area contributed by atoms with Gasteiger partial charge >= 0.3 is 0 Å². The van der Waals surface area contributed by atoms with Crippen LogP contribution in [0.5, 0.6) is 0 Å². The van der Waals surface area contributed by atoms with Gasteiger partial charge in [-0.1, -0.05) is 66.8 Å². The molecule has 4 heteroatoms. The topological polar surface area (TPSA) is 65.2 Å². The summed E-state index contributed by atoms with van der Waals surface area (Å²) in [6, 6.07) is 9.24. The zero-order valence-electron chi connectivity index (χ0n) is 10.7. The summed E-state index contributed by atoms with van der Waals surface area (Å²) in [5, 5.41) is 24.6. The molecule has 18 heavy (non-hydrogen) atoms. The molecule has 4 nitrogen and oxygen atoms in total. The van der Waals surface area contributed by atoms with Crippen LogP contribution in [0.3, 0.4) is 0 Å². The second-order valence-electron chi connectivity index (χ2n) is 4.17. The second-order valence-corrected chi connectivity index (χ2v) is 4.17. The van der Waals surface area contributed by atoms with Gasteiger partial charge in [-0.05, 0) is 12.8 Å². The van der Waals surface area contributed by atoms with Gasteiger partial charge in [-0.25, -0.2) is 0 Å². The van der Waals surface area contributed by atoms with E-state index in [1.54, 1.807) is 0 Å². The fraction of sp³-hybridized carbons (Fsp3) is 0.429. The largest absolute Gasteiger partial charge is 0.411 e. The lowest BCUT2D eigenvalue weighted by atomic mass is 10.0. The van der Waals surface area contributed by atoms with Crippen LogP contribution < -0.4 is 0 Å². The molecule has 0 atom stereocenters. The van der Waals surface area contributed by atoms with E-state index in [4.69, 9.17) is 10.4 Å². The Hall–Kier alpha value is -1.84. The second kappa shape index (κ2) is 8.28. The summed E-state index contributed by atoms with van der Waals surface area (Å²) in [5.74, 6) is 0. The molecule has 0 bridgehead atoms. The van der Waals surface area contributed by atoms with E-state index in [1.165, 1.54) is 0 Å². The predicted octanol–water partition coefficient (Wildman–Crippen LogP) is 3.67. The van der Waals surface area contributed by atoms with Crippen molar-refractivity contribution < 1.29 is 10.4 Å². The first-order chi connectivity index (χ1) is 8.83. The summed E-state index contributed by atoms with van der Waals surface area (Å²) in [7, 11) is 0. The number of oxime groups is 2. The van der Waals surface area contributed by atoms with Crippen LogP contribution in [0, 0.1) is 0 Å². The summed E-state index contributed by atoms with van der Waals surface area (Å²) in [6.07, 6.45) is 4.95. The Kier molecular flexibility index (Phi) is 6.54. The van der Waals surface area contributed by atoms with Crippen molar-refractivity contribution in [1.82, 2.24) is 0 Å². The van der Waals surface area contributed by atoms with Gasteiger partial charge in [0.05, 0.1) is 0 Å². The average molecular weight is 248 g/mol. The van der Waals surface area contributed by atoms with Crippen LogP contribution in [0.25, 0.3) is 0 Å². The Bertz CT molecular complexity index is 400. The van der Waals surface area contributed by atoms with Crippen molar-refractivity contribution in [2.24, 2.45) is 10.3 Å². The van der Waals surface area contributed by atoms with Gasteiger partial charge in [0.1, 0.15) is 11.4 Å². The van der Waals surface area contributed by atoms with Crippen LogP contribution in [0.4, 0.5) is 0 Å². The molecule has 0 aliphatic heterocycles. The predicted molar refractivity (Wildman–Crippen MR) is 72.7 cm³/mol. The van der Waals surface area contributed by atoms with Gasteiger partial charge in [0.25, 0.3) is 0 Å². The first-order valence-corrected chi connectivity index (χ1v) is 6.32. The lowest BCUT2D eigenvalue weighted by Crippen LogP contribution is -2.16. The van der Waals surface area contributed by atoms with E-state index >= 15 is 0 Å². The minimum Gasteiger partial charge on any atom is -0.411 e. The van der Waals surface area contributed by atoms with Crippen LogP contribution in [0.15, 0.2) is 40.6 Å². The molecule has 0 aromatic heterocycles. The van der Waals surface area contributed by atoms with E-state index in [1.807, 2.05) is 30.3 Å². The van der Waals surface area contributed by atoms with Gasteiger partial charge in [0.15, 0.2) is 0 Å². The van der Waals surface area contributed by atoms with E-state index in [0.717, 1.165) is 31.2 Å². The van der Waals surface area contributed by atoms with Crippen molar-refractivity contribution in [2.45, 2.75) is 39.0 Å². The first kappa shape index (κ1) is 14.2. The van der Waals surface area contributed by atoms with Crippen molar-refractivity contribution in [1.29, 1.82) is 0 Å². The molecule has 0 spiro atoms. The van der Waals surface area contributed by atoms with E-state index < -0.39 is 0 Å². The molecule has 2 N–H and O–H groups in total. The fourth-order valence-electron chi connectivity index (χ4n) is 1.81. The van der Waals surface area contributed by atoms with Crippen LogP contribution in [-0.4, -0.2) is 21.8 Å². The Labute approximate surface area is 108 Å². The van der Waals surface area contributed by atoms with Crippen molar-refractivity contribution >= 4 is 11.4 Å². The van der Waals surface area contributed by atoms with Gasteiger partial charge in [-0.3, -0.25) is 0 Å². The van der Waals surface area contributed by atoms with Crippen molar-refractivity contribution in [2.75, 3.05) is 0 Å². The van der Waals surface area contributed by atoms with Crippen LogP contribution in [0.2, 0.25) is 0 Å². The highest BCUT2D eigenvalue weighted by Gasteiger charge is 2.12. The van der Waals surface area contributed by atoms with E-state index in [-0.39, 0.29) is 0 Å². The smallest absolute Gasteiger partial charge is 0.134 e. The van der Waals surface area contributed by atoms with Crippen LogP contribution >= 0.6 is 0 Å². The molecule has 0 unspecified atom stereocenters. The lowest BCUT2D eigenvalue weighted by molar-refractivity contribution is 0.313. The van der Waals surface area contributed by atoms with Gasteiger partial charge in [-0.15, -0.1) is 0 Å². The SMILES string of the molecule is CCCCCCC(=NO)C(=NO)c1ccccc1. The molecule has 0 fully saturated rings. The third kappa shape index (κ3) is 4.20. The molecule has 0 saturated heterocycles. The molecule has 0 aliphatic rings. The van der Waals surface area contributed by atoms with Gasteiger partial charge in [0, 0.05) is 5.56 Å². The quantitative estimate of drug-likeness (QED) is 0.334. The normalized spacial score (nSPS) is 12.7. The highest BCUT2D eigenvalue weighted by molar-refractivity contribution is 6.48. The number of unbranched alkanes of at least 4 members (excludes halogenated alkanes) is 3. The molecule has 0 saturated carbocycles. The molecule has 1 aromatic rings. The Morgan fingerprint density at radius 1 is 1.00 bits per heavy atom. The monoisotopic (exact) mass is 248 g/mol. The highest BCUT2D eigenvalue weighted by Crippen LogP contribution is 2.09. The van der Waals surface area contributed by atoms with E-state index in [9.17, 15) is 0 Å². The van der Waals surface area contributed by atoms with Gasteiger partial charge in [0.2, 0.25) is 0 Å². The molecular formula is C14H20N2O2. The Morgan fingerprint density at radius 3 is 2.28 bits per heavy atom. The molecule has 98 valence electrons. The number of rotatable bonds is 7. The highest BCUT2D eigenvalue weighted by atomic mass is 16.4. The summed E-state index contributed by atoms with van der Waals surface area (Å²) >= 11 is 0. The zero-order valence-corrected chi connectivity index (χ0v) is 10.7. The number of benzene rings is 1. The summed E-state index contributed by atoms with van der Waals surface area (Å²) in [4.78, 5) is 0. The Balaban J connectivity index is 2.69. The van der Waals surface area contributed by atoms with Crippen LogP contribution in [-0.2, 0) is 0 Å². The molecule has 1 aromatic carbocycles. The third-order valence-corrected chi connectivity index (χ3v) is 2.81. The maximum atomic E-state index is 9.08. The Morgan fingerprint density at radius 2 is 1.72 bits per heavy atom. The molecule has 1 rings (SSSR count). The van der Waals surface area contributed by atoms with Crippen LogP contribution in [0.1, 0.15) is 44.6 Å². The van der Waals surface area contributed by atoms with E-state index in [0.29, 0.717) is 17.8 Å². The lowest BCUT2D eigenvalue weighted by Gasteiger charge is -2.06. The average Bonchev–Trinajstić information content (AvgIpc) is 2.43. The van der Waals surface area contributed by atoms with Crippen molar-refractivity contribution in [3.8, 4) is 0 Å². The molecule has 0 amide bonds. The fourth-order valence-corrected chi connectivity index (χ4v) is 1.81. The first-order valence-electron chi connectivity index (χ1n) is 6.32. The van der Waals surface area contributed by atoms with E-state index in [2.05, 4.69) is 17.2 Å². The number of hydrogen-bond acceptors (Lipinski definition) is 4. The molecule has 0 radical (unpaired) electrons. The standard InChI is InChI=1S/C14H20N2O2/c1-2-3-4-8-11-13(15-17)14(16-18)12-9-6-5-7-10-12/h5-7,9-10,17-18H,2-4,8,11H2,1H3. The molecule has 0 aliphatic carbocycles. The zero-order chi connectivity index (χ0) is 13.2. The summed E-state index contributed by atoms with van der Waals surface area (Å²) in [5.41, 5.74) is 1.53. The molecular weight excluding hydrogens is 228 g/mol. The van der Waals surface area contributed by atoms with Crippen molar-refractivity contribution in [3.63, 3.8) is 0 Å². The minimum absolute atomic E-state index is 0.342. The maximum absolute atomic E-state index is 9.08. The van der Waals surface area contributed by atoms with Crippen molar-refractivity contribution in [3.05, 3.63) is 35.9 Å². The summed E-state index contributed by atoms with van der Waals surface area (Å²) in [6.45, 7) is 2.14. The number of hydrogen-bond donors (Lipinski definition) is 2. The third-order valence-electron chi connectivity index (χ3n) is 2.81. The molecule has 0 heterocycles.